The molecule has 0 unspecified atom stereocenters. The molecule has 0 saturated carbocycles. The molecule has 0 spiro atoms. The summed E-state index contributed by atoms with van der Waals surface area (Å²) >= 11 is 0. The zero-order valence-corrected chi connectivity index (χ0v) is 9.57. The van der Waals surface area contributed by atoms with Gasteiger partial charge in [-0.15, -0.1) is 11.9 Å². The quantitative estimate of drug-likeness (QED) is 0.632. The fourth-order valence-electron chi connectivity index (χ4n) is 0.724. The van der Waals surface area contributed by atoms with E-state index in [1.165, 1.54) is 5.69 Å². The molecule has 10 heavy (non-hydrogen) atoms. The van der Waals surface area contributed by atoms with Gasteiger partial charge >= 0.3 is 0 Å². The second-order valence-electron chi connectivity index (χ2n) is 3.27. The fraction of sp³-hybridized carbons (Fsp3) is 0.500. The number of rotatable bonds is 0. The molecule has 2 heteroatoms. The van der Waals surface area contributed by atoms with Gasteiger partial charge in [-0.25, -0.2) is 0 Å². The number of H-pyrrole nitrogens is 1. The Bertz CT molecular complexity index is 172. The van der Waals surface area contributed by atoms with Crippen molar-refractivity contribution in [1.82, 2.24) is 4.98 Å². The maximum atomic E-state index is 3.05. The molecule has 1 radical (unpaired) electrons. The largest absolute Gasteiger partial charge is 0.481 e. The van der Waals surface area contributed by atoms with Crippen LogP contribution in [-0.2, 0) is 38.1 Å². The van der Waals surface area contributed by atoms with E-state index in [-0.39, 0.29) is 38.1 Å². The topological polar surface area (TPSA) is 15.8 Å². The van der Waals surface area contributed by atoms with Crippen LogP contribution in [0.25, 0.3) is 0 Å². The number of nitrogens with one attached hydrogen (secondary N) is 1. The van der Waals surface area contributed by atoms with Gasteiger partial charge in [0.1, 0.15) is 0 Å². The van der Waals surface area contributed by atoms with Crippen LogP contribution in [0.15, 0.2) is 12.1 Å². The SMILES string of the molecule is CC(C)(C)c1cc[c-][nH]1.[Y]. The first-order chi connectivity index (χ1) is 4.11. The Hall–Kier alpha value is 0.384. The van der Waals surface area contributed by atoms with E-state index in [0.29, 0.717) is 0 Å². The van der Waals surface area contributed by atoms with Crippen LogP contribution in [0.1, 0.15) is 26.5 Å². The Morgan fingerprint density at radius 2 is 2.00 bits per heavy atom. The van der Waals surface area contributed by atoms with Crippen LogP contribution in [-0.4, -0.2) is 4.98 Å². The van der Waals surface area contributed by atoms with Gasteiger partial charge in [0.15, 0.2) is 0 Å². The van der Waals surface area contributed by atoms with E-state index in [1.54, 1.807) is 0 Å². The maximum Gasteiger partial charge on any atom is 0 e. The van der Waals surface area contributed by atoms with Gasteiger partial charge in [0.2, 0.25) is 0 Å². The van der Waals surface area contributed by atoms with Gasteiger partial charge in [-0.2, -0.15) is 12.1 Å². The molecule has 1 rings (SSSR count). The Morgan fingerprint density at radius 3 is 2.20 bits per heavy atom. The molecule has 0 fully saturated rings. The van der Waals surface area contributed by atoms with E-state index in [9.17, 15) is 0 Å². The molecule has 1 aromatic rings. The van der Waals surface area contributed by atoms with Crippen LogP contribution in [0.5, 0.6) is 0 Å². The second-order valence-corrected chi connectivity index (χ2v) is 3.27. The van der Waals surface area contributed by atoms with Crippen molar-refractivity contribution in [3.63, 3.8) is 0 Å². The summed E-state index contributed by atoms with van der Waals surface area (Å²) in [7, 11) is 0. The van der Waals surface area contributed by atoms with Crippen molar-refractivity contribution in [3.8, 4) is 0 Å². The molecule has 0 aliphatic heterocycles. The molecule has 1 aromatic heterocycles. The minimum Gasteiger partial charge on any atom is -0.481 e. The van der Waals surface area contributed by atoms with E-state index >= 15 is 0 Å². The molecule has 1 nitrogen and oxygen atoms in total. The van der Waals surface area contributed by atoms with Gasteiger partial charge in [0.05, 0.1) is 0 Å². The van der Waals surface area contributed by atoms with Gasteiger partial charge in [0.25, 0.3) is 0 Å². The third-order valence-corrected chi connectivity index (χ3v) is 1.35. The Labute approximate surface area is 87.5 Å². The average Bonchev–Trinajstić information content (AvgIpc) is 2.08. The van der Waals surface area contributed by atoms with E-state index in [2.05, 4.69) is 38.0 Å². The molecule has 53 valence electrons. The summed E-state index contributed by atoms with van der Waals surface area (Å²) in [6.07, 6.45) is 2.91. The smallest absolute Gasteiger partial charge is 0 e. The first kappa shape index (κ1) is 10.4. The average molecular weight is 211 g/mol. The van der Waals surface area contributed by atoms with Gasteiger partial charge in [-0.1, -0.05) is 26.2 Å². The number of hydrogen-bond donors (Lipinski definition) is 1. The predicted molar refractivity (Wildman–Crippen MR) is 38.3 cm³/mol. The Morgan fingerprint density at radius 1 is 1.40 bits per heavy atom. The number of aromatic nitrogens is 1. The molecule has 0 atom stereocenters. The fourth-order valence-corrected chi connectivity index (χ4v) is 0.724. The molecule has 1 heterocycles. The van der Waals surface area contributed by atoms with Crippen molar-refractivity contribution in [2.75, 3.05) is 0 Å². The zero-order chi connectivity index (χ0) is 6.91. The van der Waals surface area contributed by atoms with Crippen LogP contribution in [0, 0.1) is 6.20 Å². The van der Waals surface area contributed by atoms with E-state index < -0.39 is 0 Å². The molecule has 1 N–H and O–H groups in total. The van der Waals surface area contributed by atoms with Gasteiger partial charge in [-0.3, -0.25) is 0 Å². The second kappa shape index (κ2) is 3.68. The van der Waals surface area contributed by atoms with Crippen LogP contribution in [0.3, 0.4) is 0 Å². The van der Waals surface area contributed by atoms with Gasteiger partial charge in [-0.05, 0) is 0 Å². The van der Waals surface area contributed by atoms with Crippen molar-refractivity contribution in [1.29, 1.82) is 0 Å². The Balaban J connectivity index is 0.000000810. The molecule has 0 aliphatic carbocycles. The molecule has 0 saturated heterocycles. The van der Waals surface area contributed by atoms with Crippen LogP contribution < -0.4 is 0 Å². The Kier molecular flexibility index (Phi) is 3.82. The number of aromatic amines is 1. The van der Waals surface area contributed by atoms with Crippen molar-refractivity contribution in [2.45, 2.75) is 26.2 Å². The molecule has 0 aromatic carbocycles. The summed E-state index contributed by atoms with van der Waals surface area (Å²) in [5.41, 5.74) is 1.47. The molecular formula is C8H12NY-. The van der Waals surface area contributed by atoms with Gasteiger partial charge < -0.3 is 4.98 Å². The molecule has 0 bridgehead atoms. The van der Waals surface area contributed by atoms with E-state index in [0.717, 1.165) is 0 Å². The number of hydrogen-bond acceptors (Lipinski definition) is 0. The first-order valence-corrected chi connectivity index (χ1v) is 3.16. The summed E-state index contributed by atoms with van der Waals surface area (Å²) < 4.78 is 0. The molecular weight excluding hydrogens is 199 g/mol. The standard InChI is InChI=1S/C8H12N.Y/c1-8(2,3)7-5-4-6-9-7;/h4-5,9H,1-3H3;/q-1;. The summed E-state index contributed by atoms with van der Waals surface area (Å²) in [6.45, 7) is 6.52. The predicted octanol–water partition coefficient (Wildman–Crippen LogP) is 2.11. The van der Waals surface area contributed by atoms with E-state index in [4.69, 9.17) is 0 Å². The van der Waals surface area contributed by atoms with Crippen molar-refractivity contribution in [2.24, 2.45) is 0 Å². The normalized spacial score (nSPS) is 10.7. The first-order valence-electron chi connectivity index (χ1n) is 3.16. The van der Waals surface area contributed by atoms with Crippen molar-refractivity contribution < 1.29 is 32.7 Å². The zero-order valence-electron chi connectivity index (χ0n) is 6.73. The third kappa shape index (κ3) is 2.55. The molecule has 0 amide bonds. The third-order valence-electron chi connectivity index (χ3n) is 1.35. The minimum atomic E-state index is 0. The van der Waals surface area contributed by atoms with E-state index in [1.807, 2.05) is 6.07 Å². The van der Waals surface area contributed by atoms with Crippen molar-refractivity contribution in [3.05, 3.63) is 24.0 Å². The maximum absolute atomic E-state index is 3.05. The summed E-state index contributed by atoms with van der Waals surface area (Å²) in [4.78, 5) is 3.05. The van der Waals surface area contributed by atoms with Crippen LogP contribution in [0.4, 0.5) is 0 Å². The summed E-state index contributed by atoms with van der Waals surface area (Å²) in [6, 6.07) is 3.96. The van der Waals surface area contributed by atoms with Crippen LogP contribution >= 0.6 is 0 Å². The summed E-state index contributed by atoms with van der Waals surface area (Å²) in [5.74, 6) is 0. The van der Waals surface area contributed by atoms with Crippen molar-refractivity contribution >= 4 is 0 Å². The monoisotopic (exact) mass is 211 g/mol. The molecule has 0 aliphatic rings. The van der Waals surface area contributed by atoms with Crippen LogP contribution in [0.2, 0.25) is 0 Å². The minimum absolute atomic E-state index is 0. The summed E-state index contributed by atoms with van der Waals surface area (Å²) in [5, 5.41) is 0. The van der Waals surface area contributed by atoms with Gasteiger partial charge in [0, 0.05) is 32.7 Å².